The molecule has 1 aromatic carbocycles. The average Bonchev–Trinajstić information content (AvgIpc) is 3.65. The Morgan fingerprint density at radius 2 is 1.91 bits per heavy atom. The molecule has 182 valence electrons. The molecule has 2 fully saturated rings. The Labute approximate surface area is 209 Å². The number of rotatable bonds is 12. The molecule has 2 aliphatic rings. The first-order valence-electron chi connectivity index (χ1n) is 11.3. The molecular formula is C23H39IN4O4. The molecule has 32 heavy (non-hydrogen) atoms. The molecule has 2 N–H and O–H groups in total. The maximum atomic E-state index is 5.71. The maximum Gasteiger partial charge on any atom is 0.191 e. The fourth-order valence-corrected chi connectivity index (χ4v) is 3.74. The molecule has 0 radical (unpaired) electrons. The highest BCUT2D eigenvalue weighted by atomic mass is 127. The number of hydrogen-bond acceptors (Lipinski definition) is 6. The van der Waals surface area contributed by atoms with E-state index >= 15 is 0 Å². The van der Waals surface area contributed by atoms with Crippen molar-refractivity contribution in [2.45, 2.75) is 25.3 Å². The first-order valence-corrected chi connectivity index (χ1v) is 11.3. The molecule has 1 heterocycles. The number of methoxy groups -OCH3 is 2. The smallest absolute Gasteiger partial charge is 0.191 e. The summed E-state index contributed by atoms with van der Waals surface area (Å²) < 4.78 is 22.2. The Kier molecular flexibility index (Phi) is 12.4. The third kappa shape index (κ3) is 8.57. The van der Waals surface area contributed by atoms with E-state index in [1.807, 2.05) is 6.07 Å². The van der Waals surface area contributed by atoms with E-state index in [4.69, 9.17) is 18.9 Å². The predicted molar refractivity (Wildman–Crippen MR) is 138 cm³/mol. The molecule has 1 saturated heterocycles. The van der Waals surface area contributed by atoms with Crippen LogP contribution in [0.15, 0.2) is 23.2 Å². The lowest BCUT2D eigenvalue weighted by atomic mass is 10.0. The van der Waals surface area contributed by atoms with Gasteiger partial charge in [-0.25, -0.2) is 0 Å². The van der Waals surface area contributed by atoms with Gasteiger partial charge in [0.1, 0.15) is 0 Å². The van der Waals surface area contributed by atoms with Crippen molar-refractivity contribution in [3.63, 3.8) is 0 Å². The number of aliphatic imine (C=N–C) groups is 1. The minimum Gasteiger partial charge on any atom is -0.493 e. The zero-order valence-electron chi connectivity index (χ0n) is 19.6. The van der Waals surface area contributed by atoms with Crippen LogP contribution in [-0.4, -0.2) is 84.7 Å². The van der Waals surface area contributed by atoms with Crippen LogP contribution in [0.3, 0.4) is 0 Å². The van der Waals surface area contributed by atoms with E-state index in [1.54, 1.807) is 21.3 Å². The third-order valence-corrected chi connectivity index (χ3v) is 5.77. The molecule has 8 nitrogen and oxygen atoms in total. The van der Waals surface area contributed by atoms with Crippen LogP contribution >= 0.6 is 24.0 Å². The number of benzene rings is 1. The van der Waals surface area contributed by atoms with Crippen molar-refractivity contribution >= 4 is 29.9 Å². The fourth-order valence-electron chi connectivity index (χ4n) is 3.74. The summed E-state index contributed by atoms with van der Waals surface area (Å²) in [5.74, 6) is 3.10. The lowest BCUT2D eigenvalue weighted by molar-refractivity contribution is 0.0169. The minimum atomic E-state index is 0. The number of ether oxygens (including phenoxy) is 4. The van der Waals surface area contributed by atoms with E-state index in [2.05, 4.69) is 32.7 Å². The number of nitrogens with zero attached hydrogens (tertiary/aromatic N) is 2. The van der Waals surface area contributed by atoms with E-state index < -0.39 is 0 Å². The van der Waals surface area contributed by atoms with E-state index in [0.717, 1.165) is 82.4 Å². The number of nitrogens with one attached hydrogen (secondary N) is 2. The van der Waals surface area contributed by atoms with Gasteiger partial charge in [-0.05, 0) is 42.9 Å². The van der Waals surface area contributed by atoms with Crippen molar-refractivity contribution in [1.29, 1.82) is 0 Å². The second kappa shape index (κ2) is 14.8. The van der Waals surface area contributed by atoms with Crippen LogP contribution in [0.1, 0.15) is 30.9 Å². The summed E-state index contributed by atoms with van der Waals surface area (Å²) in [6.07, 6.45) is 3.63. The minimum absolute atomic E-state index is 0. The first-order chi connectivity index (χ1) is 15.2. The van der Waals surface area contributed by atoms with Crippen molar-refractivity contribution in [1.82, 2.24) is 15.5 Å². The largest absolute Gasteiger partial charge is 0.493 e. The quantitative estimate of drug-likeness (QED) is 0.176. The van der Waals surface area contributed by atoms with Gasteiger partial charge in [0.2, 0.25) is 0 Å². The van der Waals surface area contributed by atoms with Gasteiger partial charge < -0.3 is 29.6 Å². The Morgan fingerprint density at radius 1 is 1.16 bits per heavy atom. The van der Waals surface area contributed by atoms with Crippen LogP contribution in [-0.2, 0) is 9.47 Å². The molecule has 1 aliphatic carbocycles. The molecular weight excluding hydrogens is 523 g/mol. The van der Waals surface area contributed by atoms with Gasteiger partial charge in [0, 0.05) is 46.4 Å². The lowest BCUT2D eigenvalue weighted by Crippen LogP contribution is -2.46. The zero-order chi connectivity index (χ0) is 21.9. The molecule has 1 aliphatic heterocycles. The second-order valence-electron chi connectivity index (χ2n) is 8.03. The average molecular weight is 562 g/mol. The number of hydrogen-bond donors (Lipinski definition) is 2. The topological polar surface area (TPSA) is 76.6 Å². The molecule has 1 saturated carbocycles. The predicted octanol–water partition coefficient (Wildman–Crippen LogP) is 2.68. The van der Waals surface area contributed by atoms with Crippen molar-refractivity contribution in [3.05, 3.63) is 23.8 Å². The second-order valence-corrected chi connectivity index (χ2v) is 8.03. The van der Waals surface area contributed by atoms with E-state index in [1.165, 1.54) is 18.4 Å². The molecule has 0 aromatic heterocycles. The van der Waals surface area contributed by atoms with Crippen LogP contribution in [0.2, 0.25) is 0 Å². The van der Waals surface area contributed by atoms with Crippen LogP contribution in [0.4, 0.5) is 0 Å². The molecule has 0 bridgehead atoms. The zero-order valence-corrected chi connectivity index (χ0v) is 21.9. The van der Waals surface area contributed by atoms with Crippen molar-refractivity contribution in [2.24, 2.45) is 10.9 Å². The van der Waals surface area contributed by atoms with Gasteiger partial charge in [-0.2, -0.15) is 0 Å². The van der Waals surface area contributed by atoms with Gasteiger partial charge in [0.15, 0.2) is 17.5 Å². The van der Waals surface area contributed by atoms with Crippen molar-refractivity contribution in [2.75, 3.05) is 73.9 Å². The highest BCUT2D eigenvalue weighted by Gasteiger charge is 2.24. The molecule has 9 heteroatoms. The molecule has 1 unspecified atom stereocenters. The summed E-state index contributed by atoms with van der Waals surface area (Å²) in [5.41, 5.74) is 1.18. The van der Waals surface area contributed by atoms with Gasteiger partial charge in [0.05, 0.1) is 33.5 Å². The van der Waals surface area contributed by atoms with Crippen molar-refractivity contribution < 1.29 is 18.9 Å². The van der Waals surface area contributed by atoms with Crippen LogP contribution in [0.5, 0.6) is 11.5 Å². The van der Waals surface area contributed by atoms with Gasteiger partial charge in [0.25, 0.3) is 0 Å². The Hall–Kier alpha value is -1.30. The van der Waals surface area contributed by atoms with Gasteiger partial charge in [-0.1, -0.05) is 6.07 Å². The van der Waals surface area contributed by atoms with Crippen LogP contribution in [0.25, 0.3) is 0 Å². The number of halogens is 1. The summed E-state index contributed by atoms with van der Waals surface area (Å²) in [4.78, 5) is 6.82. The molecule has 1 aromatic rings. The summed E-state index contributed by atoms with van der Waals surface area (Å²) in [5, 5.41) is 6.89. The van der Waals surface area contributed by atoms with Crippen LogP contribution < -0.4 is 20.1 Å². The van der Waals surface area contributed by atoms with Gasteiger partial charge in [-0.15, -0.1) is 24.0 Å². The van der Waals surface area contributed by atoms with E-state index in [0.29, 0.717) is 0 Å². The standard InChI is InChI=1S/C23H38N4O4.HI/c1-24-23(25-9-4-12-31-17-18-5-6-18)26-16-20(27-10-13-30-14-11-27)19-7-8-21(28-2)22(15-19)29-3;/h7-8,15,18,20H,4-6,9-14,16-17H2,1-3H3,(H2,24,25,26);1H. The normalized spacial score (nSPS) is 17.9. The summed E-state index contributed by atoms with van der Waals surface area (Å²) in [6, 6.07) is 6.31. The SMILES string of the molecule is CN=C(NCCCOCC1CC1)NCC(c1ccc(OC)c(OC)c1)N1CCOCC1.I. The Morgan fingerprint density at radius 3 is 2.56 bits per heavy atom. The van der Waals surface area contributed by atoms with Gasteiger partial charge in [-0.3, -0.25) is 9.89 Å². The summed E-state index contributed by atoms with van der Waals surface area (Å²) in [7, 11) is 5.13. The highest BCUT2D eigenvalue weighted by Crippen LogP contribution is 2.32. The summed E-state index contributed by atoms with van der Waals surface area (Å²) >= 11 is 0. The lowest BCUT2D eigenvalue weighted by Gasteiger charge is -2.35. The number of morpholine rings is 1. The fraction of sp³-hybridized carbons (Fsp3) is 0.696. The van der Waals surface area contributed by atoms with E-state index in [-0.39, 0.29) is 30.0 Å². The Bertz CT molecular complexity index is 697. The third-order valence-electron chi connectivity index (χ3n) is 5.77. The highest BCUT2D eigenvalue weighted by molar-refractivity contribution is 14.0. The van der Waals surface area contributed by atoms with E-state index in [9.17, 15) is 0 Å². The summed E-state index contributed by atoms with van der Waals surface area (Å²) in [6.45, 7) is 6.56. The molecule has 0 amide bonds. The van der Waals surface area contributed by atoms with Crippen molar-refractivity contribution in [3.8, 4) is 11.5 Å². The monoisotopic (exact) mass is 562 g/mol. The van der Waals surface area contributed by atoms with Gasteiger partial charge >= 0.3 is 0 Å². The first kappa shape index (κ1) is 26.9. The molecule has 0 spiro atoms. The van der Waals surface area contributed by atoms with Crippen LogP contribution in [0, 0.1) is 5.92 Å². The Balaban J connectivity index is 0.00000363. The maximum absolute atomic E-state index is 5.71. The molecule has 1 atom stereocenters. The molecule has 3 rings (SSSR count). The number of guanidine groups is 1.